The Kier molecular flexibility index (Phi) is 4.37. The van der Waals surface area contributed by atoms with Crippen LogP contribution < -0.4 is 0 Å². The first-order chi connectivity index (χ1) is 12.2. The molecular weight excluding hydrogens is 317 g/mol. The first kappa shape index (κ1) is 16.4. The van der Waals surface area contributed by atoms with Crippen molar-refractivity contribution < 1.29 is 9.18 Å². The Labute approximate surface area is 148 Å². The molecule has 0 unspecified atom stereocenters. The molecule has 0 aromatic heterocycles. The fourth-order valence-corrected chi connectivity index (χ4v) is 4.86. The van der Waals surface area contributed by atoms with Crippen LogP contribution in [-0.4, -0.2) is 41.0 Å². The summed E-state index contributed by atoms with van der Waals surface area (Å²) in [5.74, 6) is 0.330. The molecule has 132 valence electrons. The van der Waals surface area contributed by atoms with Gasteiger partial charge in [0.1, 0.15) is 5.82 Å². The smallest absolute Gasteiger partial charge is 0.320 e. The highest BCUT2D eigenvalue weighted by Gasteiger charge is 2.45. The Bertz CT molecular complexity index is 661. The van der Waals surface area contributed by atoms with Crippen molar-refractivity contribution >= 4 is 6.03 Å². The predicted octanol–water partition coefficient (Wildman–Crippen LogP) is 3.89. The summed E-state index contributed by atoms with van der Waals surface area (Å²) in [5, 5.41) is 9.03. The van der Waals surface area contributed by atoms with Crippen molar-refractivity contribution in [2.75, 3.05) is 13.1 Å². The number of nitrogens with zero attached hydrogens (tertiary/aromatic N) is 3. The second-order valence-corrected chi connectivity index (χ2v) is 7.69. The monoisotopic (exact) mass is 341 g/mol. The zero-order chi connectivity index (χ0) is 17.4. The van der Waals surface area contributed by atoms with E-state index in [1.807, 2.05) is 17.0 Å². The summed E-state index contributed by atoms with van der Waals surface area (Å²) in [5.41, 5.74) is 1.19. The summed E-state index contributed by atoms with van der Waals surface area (Å²) in [4.78, 5) is 17.1. The van der Waals surface area contributed by atoms with Gasteiger partial charge in [-0.3, -0.25) is 0 Å². The van der Waals surface area contributed by atoms with Crippen molar-refractivity contribution in [3.05, 3.63) is 35.6 Å². The molecule has 3 heterocycles. The lowest BCUT2D eigenvalue weighted by molar-refractivity contribution is 0.0959. The third kappa shape index (κ3) is 3.10. The van der Waals surface area contributed by atoms with Crippen LogP contribution in [-0.2, 0) is 0 Å². The molecule has 25 heavy (non-hydrogen) atoms. The van der Waals surface area contributed by atoms with Crippen LogP contribution in [0.1, 0.15) is 50.0 Å². The quantitative estimate of drug-likeness (QED) is 0.778. The van der Waals surface area contributed by atoms with Gasteiger partial charge in [-0.2, -0.15) is 5.26 Å². The second kappa shape index (κ2) is 6.67. The van der Waals surface area contributed by atoms with Gasteiger partial charge in [0.25, 0.3) is 0 Å². The number of carbonyl (C=O) groups is 1. The van der Waals surface area contributed by atoms with Gasteiger partial charge in [0.2, 0.25) is 0 Å². The van der Waals surface area contributed by atoms with E-state index in [1.165, 1.54) is 17.7 Å². The highest BCUT2D eigenvalue weighted by molar-refractivity contribution is 5.76. The third-order valence-electron chi connectivity index (χ3n) is 6.24. The van der Waals surface area contributed by atoms with E-state index in [-0.39, 0.29) is 17.8 Å². The first-order valence-electron chi connectivity index (χ1n) is 9.38. The third-order valence-corrected chi connectivity index (χ3v) is 6.24. The molecule has 4 nitrogen and oxygen atoms in total. The molecule has 0 radical (unpaired) electrons. The summed E-state index contributed by atoms with van der Waals surface area (Å²) >= 11 is 0. The topological polar surface area (TPSA) is 47.3 Å². The SMILES string of the molecule is N#CC1CCN(C(=O)N2[C@@H]3CC[C@H]2C[C@@H](c2ccc(F)cc2)C3)CC1. The first-order valence-corrected chi connectivity index (χ1v) is 9.38. The fraction of sp³-hybridized carbons (Fsp3) is 0.600. The van der Waals surface area contributed by atoms with Gasteiger partial charge in [-0.1, -0.05) is 12.1 Å². The van der Waals surface area contributed by atoms with Crippen molar-refractivity contribution in [2.24, 2.45) is 5.92 Å². The number of likely N-dealkylation sites (tertiary alicyclic amines) is 1. The fourth-order valence-electron chi connectivity index (χ4n) is 4.86. The van der Waals surface area contributed by atoms with Crippen LogP contribution in [0, 0.1) is 23.1 Å². The minimum Gasteiger partial charge on any atom is -0.325 e. The Hall–Kier alpha value is -2.09. The Morgan fingerprint density at radius 1 is 1.04 bits per heavy atom. The van der Waals surface area contributed by atoms with Gasteiger partial charge in [-0.15, -0.1) is 0 Å². The van der Waals surface area contributed by atoms with Crippen molar-refractivity contribution in [1.29, 1.82) is 5.26 Å². The number of fused-ring (bicyclic) bond motifs is 2. The summed E-state index contributed by atoms with van der Waals surface area (Å²) in [6.45, 7) is 1.41. The number of urea groups is 1. The molecule has 0 aliphatic carbocycles. The molecule has 3 aliphatic heterocycles. The van der Waals surface area contributed by atoms with Crippen molar-refractivity contribution in [3.8, 4) is 6.07 Å². The number of rotatable bonds is 1. The molecule has 3 saturated heterocycles. The highest BCUT2D eigenvalue weighted by atomic mass is 19.1. The molecule has 3 aliphatic rings. The number of hydrogen-bond donors (Lipinski definition) is 0. The van der Waals surface area contributed by atoms with E-state index in [9.17, 15) is 9.18 Å². The lowest BCUT2D eigenvalue weighted by Gasteiger charge is -2.42. The molecule has 3 atom stereocenters. The number of carbonyl (C=O) groups excluding carboxylic acids is 1. The largest absolute Gasteiger partial charge is 0.325 e. The molecule has 4 rings (SSSR count). The van der Waals surface area contributed by atoms with Crippen molar-refractivity contribution in [3.63, 3.8) is 0 Å². The summed E-state index contributed by atoms with van der Waals surface area (Å²) < 4.78 is 13.2. The Balaban J connectivity index is 1.43. The maximum Gasteiger partial charge on any atom is 0.320 e. The van der Waals surface area contributed by atoms with Gasteiger partial charge in [-0.25, -0.2) is 9.18 Å². The summed E-state index contributed by atoms with van der Waals surface area (Å²) in [6.07, 6.45) is 5.68. The van der Waals surface area contributed by atoms with E-state index >= 15 is 0 Å². The lowest BCUT2D eigenvalue weighted by Crippen LogP contribution is -2.53. The van der Waals surface area contributed by atoms with Gasteiger partial charge in [-0.05, 0) is 62.1 Å². The van der Waals surface area contributed by atoms with Crippen LogP contribution in [0.4, 0.5) is 9.18 Å². The Morgan fingerprint density at radius 2 is 1.64 bits per heavy atom. The molecule has 5 heteroatoms. The number of benzene rings is 1. The minimum atomic E-state index is -0.194. The van der Waals surface area contributed by atoms with Crippen molar-refractivity contribution in [2.45, 2.75) is 56.5 Å². The molecule has 0 saturated carbocycles. The van der Waals surface area contributed by atoms with Gasteiger partial charge in [0.15, 0.2) is 0 Å². The van der Waals surface area contributed by atoms with Crippen molar-refractivity contribution in [1.82, 2.24) is 9.80 Å². The molecule has 1 aromatic carbocycles. The molecule has 2 bridgehead atoms. The van der Waals surface area contributed by atoms with Gasteiger partial charge in [0, 0.05) is 31.1 Å². The zero-order valence-electron chi connectivity index (χ0n) is 14.4. The van der Waals surface area contributed by atoms with E-state index in [0.717, 1.165) is 38.5 Å². The van der Waals surface area contributed by atoms with E-state index in [4.69, 9.17) is 5.26 Å². The molecule has 1 aromatic rings. The van der Waals surface area contributed by atoms with Crippen LogP contribution >= 0.6 is 0 Å². The molecule has 3 fully saturated rings. The van der Waals surface area contributed by atoms with E-state index < -0.39 is 0 Å². The van der Waals surface area contributed by atoms with E-state index in [0.29, 0.717) is 31.1 Å². The summed E-state index contributed by atoms with van der Waals surface area (Å²) in [7, 11) is 0. The standard InChI is InChI=1S/C20H24FN3O/c21-17-3-1-15(2-4-17)16-11-18-5-6-19(12-16)24(18)20(25)23-9-7-14(13-22)8-10-23/h1-4,14,16,18-19H,5-12H2/t16-,18+,19-. The lowest BCUT2D eigenvalue weighted by atomic mass is 9.85. The predicted molar refractivity (Wildman–Crippen MR) is 92.3 cm³/mol. The second-order valence-electron chi connectivity index (χ2n) is 7.69. The van der Waals surface area contributed by atoms with Gasteiger partial charge >= 0.3 is 6.03 Å². The number of piperidine rings is 2. The number of nitriles is 1. The van der Waals surface area contributed by atoms with E-state index in [2.05, 4.69) is 11.0 Å². The van der Waals surface area contributed by atoms with Crippen LogP contribution in [0.3, 0.4) is 0 Å². The highest BCUT2D eigenvalue weighted by Crippen LogP contribution is 2.43. The normalized spacial score (nSPS) is 29.5. The average molecular weight is 341 g/mol. The number of halogens is 1. The van der Waals surface area contributed by atoms with Crippen LogP contribution in [0.25, 0.3) is 0 Å². The molecule has 0 spiro atoms. The molecule has 2 amide bonds. The average Bonchev–Trinajstić information content (AvgIpc) is 2.91. The molecular formula is C20H24FN3O. The number of amides is 2. The minimum absolute atomic E-state index is 0.102. The zero-order valence-corrected chi connectivity index (χ0v) is 14.4. The number of hydrogen-bond acceptors (Lipinski definition) is 2. The van der Waals surface area contributed by atoms with Crippen LogP contribution in [0.5, 0.6) is 0 Å². The van der Waals surface area contributed by atoms with Gasteiger partial charge < -0.3 is 9.80 Å². The van der Waals surface area contributed by atoms with Gasteiger partial charge in [0.05, 0.1) is 6.07 Å². The van der Waals surface area contributed by atoms with E-state index in [1.54, 1.807) is 0 Å². The van der Waals surface area contributed by atoms with Crippen LogP contribution in [0.2, 0.25) is 0 Å². The summed E-state index contributed by atoms with van der Waals surface area (Å²) in [6, 6.07) is 9.95. The Morgan fingerprint density at radius 3 is 2.20 bits per heavy atom. The van der Waals surface area contributed by atoms with Crippen LogP contribution in [0.15, 0.2) is 24.3 Å². The maximum atomic E-state index is 13.2. The maximum absolute atomic E-state index is 13.2. The molecule has 0 N–H and O–H groups in total.